The van der Waals surface area contributed by atoms with Crippen molar-refractivity contribution in [3.63, 3.8) is 0 Å². The minimum Gasteiger partial charge on any atom is -0.324 e. The molecule has 0 saturated heterocycles. The Morgan fingerprint density at radius 1 is 0.140 bits per heavy atom. The Balaban J connectivity index is 4.86. The summed E-state index contributed by atoms with van der Waals surface area (Å²) in [5.74, 6) is 0. The van der Waals surface area contributed by atoms with Crippen LogP contribution < -0.4 is 0 Å². The molecule has 0 N–H and O–H groups in total. The molecule has 0 rings (SSSR count). The van der Waals surface area contributed by atoms with Gasteiger partial charge in [-0.15, -0.1) is 0 Å². The molecule has 0 spiro atoms. The standard InChI is InChI=1S/C56H116N/c1-5-9-13-17-21-25-29-30-31-32-36-40-44-48-52-56-57(53-49-45-41-37-33-26-22-18-14-10-6-2,54-50-46-42-38-34-27-23-19-15-11-7-3)55-51-47-43-39-35-28-24-20-16-12-8-4/h5-56H2,1-4H3/q+1. The maximum atomic E-state index is 2.34. The number of hydrogen-bond donors (Lipinski definition) is 0. The van der Waals surface area contributed by atoms with Crippen molar-refractivity contribution in [1.82, 2.24) is 0 Å². The Kier molecular flexibility index (Phi) is 50.3. The highest BCUT2D eigenvalue weighted by Crippen LogP contribution is 2.22. The number of unbranched alkanes of at least 4 members (excludes halogenated alkanes) is 44. The van der Waals surface area contributed by atoms with Crippen LogP contribution in [0.5, 0.6) is 0 Å². The van der Waals surface area contributed by atoms with Crippen LogP contribution in [0, 0.1) is 0 Å². The molecule has 0 aromatic heterocycles. The Morgan fingerprint density at radius 2 is 0.246 bits per heavy atom. The predicted octanol–water partition coefficient (Wildman–Crippen LogP) is 20.6. The lowest BCUT2D eigenvalue weighted by atomic mass is 10.0. The van der Waals surface area contributed by atoms with E-state index in [0.717, 1.165) is 0 Å². The zero-order valence-electron chi connectivity index (χ0n) is 41.2. The number of quaternary nitrogens is 1. The van der Waals surface area contributed by atoms with E-state index in [-0.39, 0.29) is 0 Å². The smallest absolute Gasteiger partial charge is 0.0786 e. The first kappa shape index (κ1) is 57.0. The van der Waals surface area contributed by atoms with Crippen molar-refractivity contribution in [1.29, 1.82) is 0 Å². The van der Waals surface area contributed by atoms with Crippen LogP contribution in [-0.4, -0.2) is 30.7 Å². The molecule has 0 aliphatic heterocycles. The van der Waals surface area contributed by atoms with E-state index in [9.17, 15) is 0 Å². The van der Waals surface area contributed by atoms with Gasteiger partial charge in [0.05, 0.1) is 26.2 Å². The highest BCUT2D eigenvalue weighted by Gasteiger charge is 2.25. The Hall–Kier alpha value is -0.0400. The first-order valence-corrected chi connectivity index (χ1v) is 28.1. The van der Waals surface area contributed by atoms with Crippen molar-refractivity contribution in [2.75, 3.05) is 26.2 Å². The van der Waals surface area contributed by atoms with Crippen LogP contribution in [0.3, 0.4) is 0 Å². The summed E-state index contributed by atoms with van der Waals surface area (Å²) in [6, 6.07) is 0. The molecular weight excluding hydrogens is 687 g/mol. The fourth-order valence-corrected chi connectivity index (χ4v) is 9.82. The molecular formula is C56H116N+. The van der Waals surface area contributed by atoms with Crippen molar-refractivity contribution >= 4 is 0 Å². The molecule has 0 heterocycles. The van der Waals surface area contributed by atoms with Gasteiger partial charge < -0.3 is 4.48 Å². The van der Waals surface area contributed by atoms with Gasteiger partial charge in [-0.05, 0) is 51.4 Å². The largest absolute Gasteiger partial charge is 0.324 e. The van der Waals surface area contributed by atoms with Crippen LogP contribution in [0.2, 0.25) is 0 Å². The molecule has 0 aromatic rings. The summed E-state index contributed by atoms with van der Waals surface area (Å²) < 4.78 is 1.49. The second-order valence-electron chi connectivity index (χ2n) is 19.8. The van der Waals surface area contributed by atoms with E-state index in [0.29, 0.717) is 0 Å². The molecule has 0 fully saturated rings. The Bertz CT molecular complexity index is 620. The fraction of sp³-hybridized carbons (Fsp3) is 1.00. The van der Waals surface area contributed by atoms with E-state index in [4.69, 9.17) is 0 Å². The van der Waals surface area contributed by atoms with E-state index in [1.807, 2.05) is 0 Å². The fourth-order valence-electron chi connectivity index (χ4n) is 9.82. The Morgan fingerprint density at radius 3 is 0.368 bits per heavy atom. The monoisotopic (exact) mass is 803 g/mol. The van der Waals surface area contributed by atoms with Gasteiger partial charge >= 0.3 is 0 Å². The number of rotatable bonds is 52. The van der Waals surface area contributed by atoms with Gasteiger partial charge in [0.15, 0.2) is 0 Å². The normalized spacial score (nSPS) is 12.0. The average Bonchev–Trinajstić information content (AvgIpc) is 3.22. The third kappa shape index (κ3) is 45.3. The van der Waals surface area contributed by atoms with E-state index in [1.165, 1.54) is 339 Å². The predicted molar refractivity (Wildman–Crippen MR) is 264 cm³/mol. The maximum Gasteiger partial charge on any atom is 0.0786 e. The minimum absolute atomic E-state index is 1.37. The molecule has 0 atom stereocenters. The van der Waals surface area contributed by atoms with Crippen LogP contribution in [0.25, 0.3) is 0 Å². The summed E-state index contributed by atoms with van der Waals surface area (Å²) in [5, 5.41) is 0. The van der Waals surface area contributed by atoms with E-state index in [1.54, 1.807) is 0 Å². The molecule has 0 saturated carbocycles. The van der Waals surface area contributed by atoms with E-state index >= 15 is 0 Å². The van der Waals surface area contributed by atoms with Gasteiger partial charge in [-0.2, -0.15) is 0 Å². The molecule has 0 unspecified atom stereocenters. The van der Waals surface area contributed by atoms with Crippen molar-refractivity contribution in [3.8, 4) is 0 Å². The Labute approximate surface area is 365 Å². The first-order valence-electron chi connectivity index (χ1n) is 28.1. The molecule has 0 bridgehead atoms. The van der Waals surface area contributed by atoms with Gasteiger partial charge in [0, 0.05) is 0 Å². The molecule has 0 aromatic carbocycles. The van der Waals surface area contributed by atoms with Gasteiger partial charge in [-0.25, -0.2) is 0 Å². The van der Waals surface area contributed by atoms with Gasteiger partial charge in [-0.3, -0.25) is 0 Å². The minimum atomic E-state index is 1.37. The summed E-state index contributed by atoms with van der Waals surface area (Å²) in [6.07, 6.45) is 70.7. The quantitative estimate of drug-likeness (QED) is 0.0424. The molecule has 1 heteroatoms. The molecule has 57 heavy (non-hydrogen) atoms. The summed E-state index contributed by atoms with van der Waals surface area (Å²) >= 11 is 0. The van der Waals surface area contributed by atoms with Crippen LogP contribution in [0.15, 0.2) is 0 Å². The maximum absolute atomic E-state index is 2.34. The van der Waals surface area contributed by atoms with Crippen LogP contribution in [-0.2, 0) is 0 Å². The van der Waals surface area contributed by atoms with E-state index < -0.39 is 0 Å². The summed E-state index contributed by atoms with van der Waals surface area (Å²) in [7, 11) is 0. The topological polar surface area (TPSA) is 0 Å². The molecule has 0 aliphatic carbocycles. The van der Waals surface area contributed by atoms with Crippen molar-refractivity contribution in [3.05, 3.63) is 0 Å². The van der Waals surface area contributed by atoms with E-state index in [2.05, 4.69) is 27.7 Å². The van der Waals surface area contributed by atoms with Crippen molar-refractivity contribution in [2.24, 2.45) is 0 Å². The van der Waals surface area contributed by atoms with Crippen LogP contribution in [0.1, 0.15) is 336 Å². The third-order valence-electron chi connectivity index (χ3n) is 13.9. The molecule has 1 nitrogen and oxygen atoms in total. The SMILES string of the molecule is CCCCCCCCCCCCCCCCC[N+](CCCCCCCCCCCCC)(CCCCCCCCCCCCC)CCCCCCCCCCCCC. The molecule has 0 amide bonds. The summed E-state index contributed by atoms with van der Waals surface area (Å²) in [6.45, 7) is 15.3. The van der Waals surface area contributed by atoms with Gasteiger partial charge in [0.2, 0.25) is 0 Å². The zero-order chi connectivity index (χ0) is 41.3. The molecule has 344 valence electrons. The summed E-state index contributed by atoms with van der Waals surface area (Å²) in [4.78, 5) is 0. The highest BCUT2D eigenvalue weighted by atomic mass is 15.3. The highest BCUT2D eigenvalue weighted by molar-refractivity contribution is 4.57. The lowest BCUT2D eigenvalue weighted by Gasteiger charge is -2.40. The molecule has 0 aliphatic rings. The van der Waals surface area contributed by atoms with Crippen molar-refractivity contribution in [2.45, 2.75) is 336 Å². The van der Waals surface area contributed by atoms with Gasteiger partial charge in [0.1, 0.15) is 0 Å². The van der Waals surface area contributed by atoms with Gasteiger partial charge in [-0.1, -0.05) is 285 Å². The summed E-state index contributed by atoms with van der Waals surface area (Å²) in [5.41, 5.74) is 0. The lowest BCUT2D eigenvalue weighted by Crippen LogP contribution is -2.50. The lowest BCUT2D eigenvalue weighted by molar-refractivity contribution is -0.929. The molecule has 0 radical (unpaired) electrons. The third-order valence-corrected chi connectivity index (χ3v) is 13.9. The zero-order valence-corrected chi connectivity index (χ0v) is 41.2. The number of hydrogen-bond acceptors (Lipinski definition) is 0. The number of nitrogens with zero attached hydrogens (tertiary/aromatic N) is 1. The van der Waals surface area contributed by atoms with Gasteiger partial charge in [0.25, 0.3) is 0 Å². The second-order valence-corrected chi connectivity index (χ2v) is 19.8. The second kappa shape index (κ2) is 50.3. The van der Waals surface area contributed by atoms with Crippen LogP contribution >= 0.6 is 0 Å². The van der Waals surface area contributed by atoms with Crippen molar-refractivity contribution < 1.29 is 4.48 Å². The van der Waals surface area contributed by atoms with Crippen LogP contribution in [0.4, 0.5) is 0 Å². The average molecular weight is 804 g/mol. The first-order chi connectivity index (χ1) is 28.2.